The third-order valence-electron chi connectivity index (χ3n) is 4.06. The predicted octanol–water partition coefficient (Wildman–Crippen LogP) is 1.54. The van der Waals surface area contributed by atoms with E-state index in [1.807, 2.05) is 22.1 Å². The maximum Gasteiger partial charge on any atom is 0.335 e. The molecule has 1 aliphatic rings. The molecule has 26 heavy (non-hydrogen) atoms. The second-order valence-corrected chi connectivity index (χ2v) is 5.81. The lowest BCUT2D eigenvalue weighted by atomic mass is 10.1. The summed E-state index contributed by atoms with van der Waals surface area (Å²) in [6.45, 7) is 3.61. The number of carboxylic acid groups (broad SMARTS) is 1. The minimum atomic E-state index is -1.03. The monoisotopic (exact) mass is 353 g/mol. The van der Waals surface area contributed by atoms with Gasteiger partial charge in [-0.05, 0) is 49.8 Å². The van der Waals surface area contributed by atoms with Gasteiger partial charge < -0.3 is 9.67 Å². The van der Waals surface area contributed by atoms with Crippen molar-refractivity contribution in [3.8, 4) is 5.69 Å². The number of nitrogens with zero attached hydrogens (tertiary/aromatic N) is 1. The first-order valence-electron chi connectivity index (χ1n) is 7.69. The summed E-state index contributed by atoms with van der Waals surface area (Å²) in [6, 6.07) is 7.36. The zero-order chi connectivity index (χ0) is 19.0. The number of barbiturate groups is 1. The van der Waals surface area contributed by atoms with Crippen LogP contribution in [0.2, 0.25) is 0 Å². The van der Waals surface area contributed by atoms with Gasteiger partial charge in [-0.25, -0.2) is 9.59 Å². The van der Waals surface area contributed by atoms with Gasteiger partial charge in [-0.2, -0.15) is 0 Å². The molecule has 1 aromatic heterocycles. The van der Waals surface area contributed by atoms with Crippen LogP contribution in [-0.2, 0) is 9.59 Å². The van der Waals surface area contributed by atoms with Gasteiger partial charge in [0, 0.05) is 17.1 Å². The molecule has 0 spiro atoms. The van der Waals surface area contributed by atoms with Crippen molar-refractivity contribution in [3.05, 3.63) is 58.4 Å². The number of carbonyl (C=O) groups is 4. The largest absolute Gasteiger partial charge is 0.478 e. The smallest absolute Gasteiger partial charge is 0.335 e. The van der Waals surface area contributed by atoms with Crippen LogP contribution in [0.4, 0.5) is 4.79 Å². The van der Waals surface area contributed by atoms with E-state index in [2.05, 4.69) is 0 Å². The van der Waals surface area contributed by atoms with Gasteiger partial charge in [0.25, 0.3) is 11.8 Å². The van der Waals surface area contributed by atoms with Crippen molar-refractivity contribution in [3.63, 3.8) is 0 Å². The fourth-order valence-electron chi connectivity index (χ4n) is 2.87. The minimum Gasteiger partial charge on any atom is -0.478 e. The number of carbonyl (C=O) groups excluding carboxylic acids is 3. The summed E-state index contributed by atoms with van der Waals surface area (Å²) in [5.41, 5.74) is 2.75. The lowest BCUT2D eigenvalue weighted by Gasteiger charge is -2.14. The van der Waals surface area contributed by atoms with E-state index in [-0.39, 0.29) is 11.1 Å². The highest BCUT2D eigenvalue weighted by molar-refractivity contribution is 6.31. The zero-order valence-corrected chi connectivity index (χ0v) is 14.0. The number of hydrogen-bond acceptors (Lipinski definition) is 4. The number of aryl methyl sites for hydroxylation is 1. The Bertz CT molecular complexity index is 978. The summed E-state index contributed by atoms with van der Waals surface area (Å²) < 4.78 is 1.82. The Morgan fingerprint density at radius 1 is 1.08 bits per heavy atom. The van der Waals surface area contributed by atoms with E-state index in [0.29, 0.717) is 11.3 Å². The molecule has 0 unspecified atom stereocenters. The van der Waals surface area contributed by atoms with Gasteiger partial charge in [0.05, 0.1) is 5.56 Å². The molecular formula is C18H15N3O5. The zero-order valence-electron chi connectivity index (χ0n) is 14.0. The Morgan fingerprint density at radius 3 is 2.35 bits per heavy atom. The first-order valence-corrected chi connectivity index (χ1v) is 7.69. The highest BCUT2D eigenvalue weighted by atomic mass is 16.4. The Morgan fingerprint density at radius 2 is 1.73 bits per heavy atom. The fourth-order valence-corrected chi connectivity index (χ4v) is 2.87. The Labute approximate surface area is 148 Å². The summed E-state index contributed by atoms with van der Waals surface area (Å²) in [5.74, 6) is -2.57. The highest BCUT2D eigenvalue weighted by Crippen LogP contribution is 2.24. The molecule has 0 saturated carbocycles. The van der Waals surface area contributed by atoms with Crippen molar-refractivity contribution in [2.75, 3.05) is 0 Å². The van der Waals surface area contributed by atoms with Crippen LogP contribution in [0, 0.1) is 13.8 Å². The Balaban J connectivity index is 2.07. The second-order valence-electron chi connectivity index (χ2n) is 5.81. The number of hydrogen-bond donors (Lipinski definition) is 3. The molecule has 0 radical (unpaired) electrons. The summed E-state index contributed by atoms with van der Waals surface area (Å²) in [7, 11) is 0. The molecule has 1 aliphatic heterocycles. The predicted molar refractivity (Wildman–Crippen MR) is 91.9 cm³/mol. The van der Waals surface area contributed by atoms with Gasteiger partial charge in [-0.15, -0.1) is 0 Å². The number of rotatable bonds is 3. The second kappa shape index (κ2) is 6.32. The number of nitrogens with one attached hydrogen (secondary N) is 2. The minimum absolute atomic E-state index is 0.152. The number of aromatic carboxylic acids is 1. The topological polar surface area (TPSA) is 118 Å². The lowest BCUT2D eigenvalue weighted by molar-refractivity contribution is -0.123. The number of aromatic nitrogens is 1. The van der Waals surface area contributed by atoms with Crippen LogP contribution in [0.1, 0.15) is 27.3 Å². The molecule has 2 heterocycles. The molecule has 8 nitrogen and oxygen atoms in total. The molecule has 2 aromatic rings. The number of benzene rings is 1. The van der Waals surface area contributed by atoms with Gasteiger partial charge >= 0.3 is 12.0 Å². The van der Waals surface area contributed by atoms with Gasteiger partial charge in [0.15, 0.2) is 0 Å². The van der Waals surface area contributed by atoms with Crippen molar-refractivity contribution in [2.45, 2.75) is 13.8 Å². The van der Waals surface area contributed by atoms with Crippen molar-refractivity contribution >= 4 is 29.9 Å². The Kier molecular flexibility index (Phi) is 4.17. The van der Waals surface area contributed by atoms with Crippen molar-refractivity contribution in [1.82, 2.24) is 15.2 Å². The molecule has 8 heteroatoms. The molecule has 1 fully saturated rings. The SMILES string of the molecule is Cc1cc(C=C2C(=O)NC(=O)NC2=O)c(C)n1-c1cccc(C(=O)O)c1. The van der Waals surface area contributed by atoms with Crippen LogP contribution in [0.5, 0.6) is 0 Å². The molecule has 4 amide bonds. The molecular weight excluding hydrogens is 338 g/mol. The van der Waals surface area contributed by atoms with Gasteiger partial charge in [0.2, 0.25) is 0 Å². The van der Waals surface area contributed by atoms with Crippen molar-refractivity contribution in [1.29, 1.82) is 0 Å². The van der Waals surface area contributed by atoms with Gasteiger partial charge in [0.1, 0.15) is 5.57 Å². The van der Waals surface area contributed by atoms with Gasteiger partial charge in [-0.3, -0.25) is 20.2 Å². The molecule has 3 N–H and O–H groups in total. The molecule has 0 atom stereocenters. The van der Waals surface area contributed by atoms with Crippen LogP contribution in [0.15, 0.2) is 35.9 Å². The van der Waals surface area contributed by atoms with Crippen LogP contribution in [0.25, 0.3) is 11.8 Å². The number of urea groups is 1. The number of amides is 4. The van der Waals surface area contributed by atoms with E-state index >= 15 is 0 Å². The first-order chi connectivity index (χ1) is 12.3. The fraction of sp³-hybridized carbons (Fsp3) is 0.111. The van der Waals surface area contributed by atoms with E-state index in [1.165, 1.54) is 18.2 Å². The molecule has 0 bridgehead atoms. The maximum absolute atomic E-state index is 11.9. The summed E-state index contributed by atoms with van der Waals surface area (Å²) in [6.07, 6.45) is 1.40. The molecule has 1 saturated heterocycles. The van der Waals surface area contributed by atoms with E-state index in [1.54, 1.807) is 25.1 Å². The average molecular weight is 353 g/mol. The lowest BCUT2D eigenvalue weighted by Crippen LogP contribution is -2.51. The third kappa shape index (κ3) is 3.00. The van der Waals surface area contributed by atoms with Crippen LogP contribution < -0.4 is 10.6 Å². The molecule has 0 aliphatic carbocycles. The van der Waals surface area contributed by atoms with Crippen LogP contribution in [-0.4, -0.2) is 33.5 Å². The molecule has 132 valence electrons. The molecule has 3 rings (SSSR count). The van der Waals surface area contributed by atoms with E-state index in [9.17, 15) is 19.2 Å². The Hall–Kier alpha value is -3.68. The summed E-state index contributed by atoms with van der Waals surface area (Å²) >= 11 is 0. The van der Waals surface area contributed by atoms with Crippen molar-refractivity contribution in [2.24, 2.45) is 0 Å². The van der Waals surface area contributed by atoms with Crippen LogP contribution >= 0.6 is 0 Å². The molecule has 1 aromatic carbocycles. The quantitative estimate of drug-likeness (QED) is 0.571. The first kappa shape index (κ1) is 17.2. The third-order valence-corrected chi connectivity index (χ3v) is 4.06. The number of carboxylic acids is 1. The van der Waals surface area contributed by atoms with E-state index < -0.39 is 23.8 Å². The standard InChI is InChI=1S/C18H15N3O5/c1-9-6-12(8-14-15(22)19-18(26)20-16(14)23)10(2)21(9)13-5-3-4-11(7-13)17(24)25/h3-8H,1-2H3,(H,24,25)(H2,19,20,22,23,26). The van der Waals surface area contributed by atoms with Crippen LogP contribution in [0.3, 0.4) is 0 Å². The average Bonchev–Trinajstić information content (AvgIpc) is 2.84. The van der Waals surface area contributed by atoms with E-state index in [0.717, 1.165) is 11.4 Å². The number of imide groups is 2. The van der Waals surface area contributed by atoms with E-state index in [4.69, 9.17) is 5.11 Å². The van der Waals surface area contributed by atoms with Gasteiger partial charge in [-0.1, -0.05) is 6.07 Å². The maximum atomic E-state index is 11.9. The normalized spacial score (nSPS) is 14.1. The summed E-state index contributed by atoms with van der Waals surface area (Å²) in [4.78, 5) is 46.1. The van der Waals surface area contributed by atoms with Crippen molar-refractivity contribution < 1.29 is 24.3 Å². The summed E-state index contributed by atoms with van der Waals surface area (Å²) in [5, 5.41) is 13.2. The highest BCUT2D eigenvalue weighted by Gasteiger charge is 2.28.